The molecular formula is C9H13F3N4O. The normalized spacial score (nSPS) is 16.5. The first-order valence-electron chi connectivity index (χ1n) is 5.28. The molecule has 0 radical (unpaired) electrons. The molecule has 1 saturated carbocycles. The molecule has 2 rings (SSSR count). The lowest BCUT2D eigenvalue weighted by molar-refractivity contribution is -0.177. The maximum atomic E-state index is 11.9. The smallest absolute Gasteiger partial charge is 0.364 e. The average molecular weight is 250 g/mol. The molecule has 8 heteroatoms. The number of hydrogen-bond donors (Lipinski definition) is 1. The van der Waals surface area contributed by atoms with Crippen LogP contribution in [0.2, 0.25) is 0 Å². The Bertz CT molecular complexity index is 386. The maximum absolute atomic E-state index is 11.9. The Kier molecular flexibility index (Phi) is 3.34. The summed E-state index contributed by atoms with van der Waals surface area (Å²) in [6, 6.07) is 0.271. The van der Waals surface area contributed by atoms with Crippen LogP contribution in [0.3, 0.4) is 0 Å². The number of rotatable bonds is 5. The van der Waals surface area contributed by atoms with Crippen molar-refractivity contribution in [3.8, 4) is 0 Å². The fraction of sp³-hybridized carbons (Fsp3) is 0.778. The second kappa shape index (κ2) is 4.61. The minimum absolute atomic E-state index is 0.191. The van der Waals surface area contributed by atoms with Crippen LogP contribution in [0.25, 0.3) is 0 Å². The molecule has 96 valence electrons. The highest BCUT2D eigenvalue weighted by molar-refractivity contribution is 5.01. The van der Waals surface area contributed by atoms with Crippen molar-refractivity contribution in [3.63, 3.8) is 0 Å². The van der Waals surface area contributed by atoms with Crippen LogP contribution in [0.1, 0.15) is 30.5 Å². The molecule has 5 nitrogen and oxygen atoms in total. The summed E-state index contributed by atoms with van der Waals surface area (Å²) >= 11 is 0. The van der Waals surface area contributed by atoms with Gasteiger partial charge in [0.05, 0.1) is 6.54 Å². The maximum Gasteiger partial charge on any atom is 0.411 e. The van der Waals surface area contributed by atoms with E-state index in [1.54, 1.807) is 4.57 Å². The molecule has 0 amide bonds. The van der Waals surface area contributed by atoms with E-state index < -0.39 is 12.8 Å². The zero-order valence-corrected chi connectivity index (χ0v) is 9.07. The van der Waals surface area contributed by atoms with Crippen molar-refractivity contribution in [1.82, 2.24) is 14.8 Å². The van der Waals surface area contributed by atoms with Crippen LogP contribution < -0.4 is 5.73 Å². The molecule has 0 saturated heterocycles. The third kappa shape index (κ3) is 3.16. The summed E-state index contributed by atoms with van der Waals surface area (Å²) in [7, 11) is 0. The van der Waals surface area contributed by atoms with Crippen molar-refractivity contribution >= 4 is 0 Å². The van der Waals surface area contributed by atoms with Crippen LogP contribution >= 0.6 is 0 Å². The molecule has 0 aliphatic heterocycles. The van der Waals surface area contributed by atoms with Gasteiger partial charge in [-0.05, 0) is 12.8 Å². The fourth-order valence-electron chi connectivity index (χ4n) is 1.61. The van der Waals surface area contributed by atoms with Gasteiger partial charge in [-0.3, -0.25) is 0 Å². The van der Waals surface area contributed by atoms with Gasteiger partial charge in [0, 0.05) is 6.04 Å². The van der Waals surface area contributed by atoms with E-state index in [9.17, 15) is 13.2 Å². The van der Waals surface area contributed by atoms with Crippen molar-refractivity contribution in [1.29, 1.82) is 0 Å². The number of ether oxygens (including phenoxy) is 1. The predicted octanol–water partition coefficient (Wildman–Crippen LogP) is 1.15. The van der Waals surface area contributed by atoms with Crippen LogP contribution in [-0.2, 0) is 17.9 Å². The molecule has 1 aliphatic rings. The zero-order chi connectivity index (χ0) is 12.5. The third-order valence-electron chi connectivity index (χ3n) is 2.43. The second-order valence-corrected chi connectivity index (χ2v) is 3.95. The molecule has 0 bridgehead atoms. The van der Waals surface area contributed by atoms with Crippen molar-refractivity contribution in [2.75, 3.05) is 6.61 Å². The van der Waals surface area contributed by atoms with Gasteiger partial charge < -0.3 is 15.0 Å². The molecule has 1 fully saturated rings. The summed E-state index contributed by atoms with van der Waals surface area (Å²) in [5, 5.41) is 7.65. The molecule has 1 aromatic rings. The van der Waals surface area contributed by atoms with Crippen LogP contribution in [-0.4, -0.2) is 27.5 Å². The molecule has 1 aromatic heterocycles. The molecule has 1 heterocycles. The first-order chi connectivity index (χ1) is 8.01. The van der Waals surface area contributed by atoms with Crippen molar-refractivity contribution in [3.05, 3.63) is 11.6 Å². The summed E-state index contributed by atoms with van der Waals surface area (Å²) in [5.74, 6) is 1.01. The molecule has 0 aromatic carbocycles. The first-order valence-corrected chi connectivity index (χ1v) is 5.28. The Morgan fingerprint density at radius 2 is 1.94 bits per heavy atom. The summed E-state index contributed by atoms with van der Waals surface area (Å²) in [6.45, 7) is -1.24. The van der Waals surface area contributed by atoms with E-state index in [2.05, 4.69) is 14.9 Å². The topological polar surface area (TPSA) is 66.0 Å². The minimum Gasteiger partial charge on any atom is -0.364 e. The number of nitrogens with zero attached hydrogens (tertiary/aromatic N) is 3. The molecule has 17 heavy (non-hydrogen) atoms. The van der Waals surface area contributed by atoms with Crippen molar-refractivity contribution in [2.24, 2.45) is 5.73 Å². The lowest BCUT2D eigenvalue weighted by Crippen LogP contribution is -2.18. The van der Waals surface area contributed by atoms with Crippen molar-refractivity contribution in [2.45, 2.75) is 38.2 Å². The van der Waals surface area contributed by atoms with E-state index in [0.717, 1.165) is 12.8 Å². The van der Waals surface area contributed by atoms with Crippen LogP contribution in [0.15, 0.2) is 0 Å². The Balaban J connectivity index is 1.98. The zero-order valence-electron chi connectivity index (χ0n) is 9.07. The molecule has 0 unspecified atom stereocenters. The van der Waals surface area contributed by atoms with E-state index in [0.29, 0.717) is 11.6 Å². The van der Waals surface area contributed by atoms with E-state index >= 15 is 0 Å². The van der Waals surface area contributed by atoms with Crippen LogP contribution in [0.5, 0.6) is 0 Å². The van der Waals surface area contributed by atoms with Gasteiger partial charge in [0.25, 0.3) is 0 Å². The molecule has 1 aliphatic carbocycles. The fourth-order valence-corrected chi connectivity index (χ4v) is 1.61. The van der Waals surface area contributed by atoms with Crippen LogP contribution in [0.4, 0.5) is 13.2 Å². The van der Waals surface area contributed by atoms with Gasteiger partial charge in [-0.15, -0.1) is 10.2 Å². The van der Waals surface area contributed by atoms with E-state index in [4.69, 9.17) is 5.73 Å². The highest BCUT2D eigenvalue weighted by atomic mass is 19.4. The van der Waals surface area contributed by atoms with Gasteiger partial charge in [0.15, 0.2) is 5.82 Å². The highest BCUT2D eigenvalue weighted by Gasteiger charge is 2.30. The van der Waals surface area contributed by atoms with E-state index in [1.165, 1.54) is 0 Å². The lowest BCUT2D eigenvalue weighted by Gasteiger charge is -2.09. The van der Waals surface area contributed by atoms with Gasteiger partial charge in [0.1, 0.15) is 19.0 Å². The highest BCUT2D eigenvalue weighted by Crippen LogP contribution is 2.36. The van der Waals surface area contributed by atoms with Crippen molar-refractivity contribution < 1.29 is 17.9 Å². The molecular weight excluding hydrogens is 237 g/mol. The average Bonchev–Trinajstić information content (AvgIpc) is 2.99. The number of alkyl halides is 3. The third-order valence-corrected chi connectivity index (χ3v) is 2.43. The summed E-state index contributed by atoms with van der Waals surface area (Å²) in [4.78, 5) is 0. The first kappa shape index (κ1) is 12.3. The number of hydrogen-bond acceptors (Lipinski definition) is 4. The van der Waals surface area contributed by atoms with Crippen LogP contribution in [0, 0.1) is 0 Å². The monoisotopic (exact) mass is 250 g/mol. The Morgan fingerprint density at radius 3 is 2.47 bits per heavy atom. The lowest BCUT2D eigenvalue weighted by atomic mass is 10.5. The predicted molar refractivity (Wildman–Crippen MR) is 51.9 cm³/mol. The summed E-state index contributed by atoms with van der Waals surface area (Å²) in [5.41, 5.74) is 5.48. The molecule has 0 atom stereocenters. The standard InChI is InChI=1S/C9H13F3N4O/c10-9(11,12)5-17-4-8-15-14-7(3-13)16(8)6-1-2-6/h6H,1-5,13H2. The Labute approximate surface area is 95.8 Å². The van der Waals surface area contributed by atoms with Gasteiger partial charge in [-0.25, -0.2) is 0 Å². The minimum atomic E-state index is -4.32. The quantitative estimate of drug-likeness (QED) is 0.851. The van der Waals surface area contributed by atoms with E-state index in [1.807, 2.05) is 0 Å². The molecule has 0 spiro atoms. The Morgan fingerprint density at radius 1 is 1.29 bits per heavy atom. The number of aromatic nitrogens is 3. The number of halogens is 3. The van der Waals surface area contributed by atoms with Gasteiger partial charge in [0.2, 0.25) is 0 Å². The number of nitrogens with two attached hydrogens (primary N) is 1. The Hall–Kier alpha value is -1.15. The van der Waals surface area contributed by atoms with Gasteiger partial charge in [-0.2, -0.15) is 13.2 Å². The SMILES string of the molecule is NCc1nnc(COCC(F)(F)F)n1C1CC1. The summed E-state index contributed by atoms with van der Waals surface area (Å²) < 4.78 is 42.1. The summed E-state index contributed by atoms with van der Waals surface area (Å²) in [6.07, 6.45) is -2.35. The second-order valence-electron chi connectivity index (χ2n) is 3.95. The van der Waals surface area contributed by atoms with Gasteiger partial charge >= 0.3 is 6.18 Å². The largest absolute Gasteiger partial charge is 0.411 e. The van der Waals surface area contributed by atoms with E-state index in [-0.39, 0.29) is 19.2 Å². The van der Waals surface area contributed by atoms with Gasteiger partial charge in [-0.1, -0.05) is 0 Å². The molecule has 2 N–H and O–H groups in total.